The van der Waals surface area contributed by atoms with Crippen molar-refractivity contribution in [2.75, 3.05) is 12.8 Å². The molecule has 38 heavy (non-hydrogen) atoms. The number of nitrogens with two attached hydrogens (primary N) is 1. The number of carbonyl (C=O) groups excluding carboxylic acids is 1. The van der Waals surface area contributed by atoms with Gasteiger partial charge in [0, 0.05) is 11.6 Å². The number of aromatic nitrogens is 4. The fraction of sp³-hybridized carbons (Fsp3) is 0.379. The average Bonchev–Trinajstić information content (AvgIpc) is 3.34. The molecular formula is C29H35N7O2. The van der Waals surface area contributed by atoms with Gasteiger partial charge in [-0.3, -0.25) is 4.79 Å². The van der Waals surface area contributed by atoms with Crippen LogP contribution in [0.3, 0.4) is 0 Å². The van der Waals surface area contributed by atoms with Crippen LogP contribution in [-0.4, -0.2) is 44.8 Å². The first-order valence-electron chi connectivity index (χ1n) is 13.4. The smallest absolute Gasteiger partial charge is 0.237 e. The number of hydrogen-bond donors (Lipinski definition) is 3. The van der Waals surface area contributed by atoms with Crippen LogP contribution in [0.5, 0.6) is 11.5 Å². The lowest BCUT2D eigenvalue weighted by Crippen LogP contribution is -2.47. The van der Waals surface area contributed by atoms with E-state index in [0.29, 0.717) is 5.82 Å². The third-order valence-electron chi connectivity index (χ3n) is 7.26. The SMILES string of the molecule is CCC[C@H](NC)C(=O)NC1CCC(n2nc(-c3ccc(Oc4ccccc4)cc3)c3c(N)ncnc32)CC1. The average molecular weight is 514 g/mol. The topological polar surface area (TPSA) is 120 Å². The molecule has 0 unspecified atom stereocenters. The number of carbonyl (C=O) groups is 1. The molecule has 0 spiro atoms. The molecule has 5 rings (SSSR count). The molecular weight excluding hydrogens is 478 g/mol. The Morgan fingerprint density at radius 1 is 1.05 bits per heavy atom. The van der Waals surface area contributed by atoms with E-state index >= 15 is 0 Å². The Kier molecular flexibility index (Phi) is 7.83. The number of fused-ring (bicyclic) bond motifs is 1. The van der Waals surface area contributed by atoms with Crippen molar-refractivity contribution in [2.24, 2.45) is 0 Å². The molecule has 1 fully saturated rings. The standard InChI is InChI=1S/C29H35N7O2/c1-3-7-24(31-2)29(37)34-20-12-14-21(15-13-20)36-28-25(27(30)32-18-33-28)26(35-36)19-10-16-23(17-11-19)38-22-8-5-4-6-9-22/h4-6,8-11,16-18,20-21,24,31H,3,7,12-15H2,1-2H3,(H,34,37)(H2,30,32,33)/t20?,21?,24-/m0/s1. The van der Waals surface area contributed by atoms with Crippen LogP contribution in [0, 0.1) is 0 Å². The number of para-hydroxylation sites is 1. The Labute approximate surface area is 222 Å². The lowest BCUT2D eigenvalue weighted by atomic mass is 9.91. The summed E-state index contributed by atoms with van der Waals surface area (Å²) in [5.41, 5.74) is 8.75. The molecule has 9 nitrogen and oxygen atoms in total. The largest absolute Gasteiger partial charge is 0.457 e. The Morgan fingerprint density at radius 3 is 2.45 bits per heavy atom. The van der Waals surface area contributed by atoms with Gasteiger partial charge in [-0.2, -0.15) is 5.10 Å². The van der Waals surface area contributed by atoms with Crippen LogP contribution in [0.1, 0.15) is 51.5 Å². The first-order chi connectivity index (χ1) is 18.6. The first-order valence-corrected chi connectivity index (χ1v) is 13.4. The predicted octanol–water partition coefficient (Wildman–Crippen LogP) is 4.86. The number of rotatable bonds is 9. The molecule has 1 saturated carbocycles. The molecule has 1 amide bonds. The van der Waals surface area contributed by atoms with E-state index in [1.807, 2.05) is 66.3 Å². The van der Waals surface area contributed by atoms with E-state index in [1.165, 1.54) is 6.33 Å². The van der Waals surface area contributed by atoms with Gasteiger partial charge in [-0.25, -0.2) is 14.6 Å². The predicted molar refractivity (Wildman–Crippen MR) is 149 cm³/mol. The number of benzene rings is 2. The summed E-state index contributed by atoms with van der Waals surface area (Å²) in [6.07, 6.45) is 6.87. The molecule has 0 radical (unpaired) electrons. The second-order valence-corrected chi connectivity index (χ2v) is 9.83. The summed E-state index contributed by atoms with van der Waals surface area (Å²) in [5, 5.41) is 12.1. The number of nitrogens with one attached hydrogen (secondary N) is 2. The maximum Gasteiger partial charge on any atom is 0.237 e. The zero-order valence-corrected chi connectivity index (χ0v) is 21.9. The number of nitrogens with zero attached hydrogens (tertiary/aromatic N) is 4. The number of amides is 1. The quantitative estimate of drug-likeness (QED) is 0.292. The van der Waals surface area contributed by atoms with E-state index in [2.05, 4.69) is 27.5 Å². The van der Waals surface area contributed by atoms with Crippen molar-refractivity contribution < 1.29 is 9.53 Å². The highest BCUT2D eigenvalue weighted by Crippen LogP contribution is 2.36. The Balaban J connectivity index is 1.34. The van der Waals surface area contributed by atoms with Crippen molar-refractivity contribution in [2.45, 2.75) is 63.6 Å². The molecule has 9 heteroatoms. The van der Waals surface area contributed by atoms with Crippen molar-refractivity contribution >= 4 is 22.8 Å². The summed E-state index contributed by atoms with van der Waals surface area (Å²) < 4.78 is 7.95. The van der Waals surface area contributed by atoms with Gasteiger partial charge >= 0.3 is 0 Å². The molecule has 4 N–H and O–H groups in total. The van der Waals surface area contributed by atoms with Crippen LogP contribution in [0.2, 0.25) is 0 Å². The lowest BCUT2D eigenvalue weighted by Gasteiger charge is -2.30. The maximum atomic E-state index is 12.7. The number of likely N-dealkylation sites (N-methyl/N-ethyl adjacent to an activating group) is 1. The summed E-state index contributed by atoms with van der Waals surface area (Å²) >= 11 is 0. The minimum absolute atomic E-state index is 0.0878. The zero-order chi connectivity index (χ0) is 26.5. The van der Waals surface area contributed by atoms with Crippen molar-refractivity contribution in [1.82, 2.24) is 30.4 Å². The van der Waals surface area contributed by atoms with Crippen LogP contribution < -0.4 is 21.1 Å². The number of anilines is 1. The van der Waals surface area contributed by atoms with Crippen molar-refractivity contribution in [3.63, 3.8) is 0 Å². The molecule has 0 saturated heterocycles. The minimum Gasteiger partial charge on any atom is -0.457 e. The summed E-state index contributed by atoms with van der Waals surface area (Å²) in [6, 6.07) is 17.7. The van der Waals surface area contributed by atoms with Gasteiger partial charge in [0.15, 0.2) is 5.65 Å². The molecule has 0 bridgehead atoms. The van der Waals surface area contributed by atoms with Crippen LogP contribution in [0.25, 0.3) is 22.3 Å². The number of hydrogen-bond acceptors (Lipinski definition) is 7. The molecule has 1 aliphatic rings. The number of ether oxygens (including phenoxy) is 1. The van der Waals surface area contributed by atoms with Gasteiger partial charge in [-0.15, -0.1) is 0 Å². The third-order valence-corrected chi connectivity index (χ3v) is 7.26. The highest BCUT2D eigenvalue weighted by atomic mass is 16.5. The van der Waals surface area contributed by atoms with E-state index < -0.39 is 0 Å². The summed E-state index contributed by atoms with van der Waals surface area (Å²) in [6.45, 7) is 2.09. The molecule has 0 aliphatic heterocycles. The second-order valence-electron chi connectivity index (χ2n) is 9.83. The molecule has 1 atom stereocenters. The van der Waals surface area contributed by atoms with E-state index in [0.717, 1.165) is 72.3 Å². The fourth-order valence-corrected chi connectivity index (χ4v) is 5.22. The van der Waals surface area contributed by atoms with Crippen molar-refractivity contribution in [3.8, 4) is 22.8 Å². The Bertz CT molecular complexity index is 1360. The zero-order valence-electron chi connectivity index (χ0n) is 21.9. The van der Waals surface area contributed by atoms with E-state index in [9.17, 15) is 4.79 Å². The normalized spacial score (nSPS) is 18.3. The van der Waals surface area contributed by atoms with Crippen LogP contribution >= 0.6 is 0 Å². The first kappa shape index (κ1) is 25.7. The van der Waals surface area contributed by atoms with E-state index in [4.69, 9.17) is 15.6 Å². The summed E-state index contributed by atoms with van der Waals surface area (Å²) in [4.78, 5) is 21.5. The van der Waals surface area contributed by atoms with Gasteiger partial charge in [-0.05, 0) is 75.5 Å². The molecule has 198 valence electrons. The molecule has 1 aliphatic carbocycles. The van der Waals surface area contributed by atoms with Gasteiger partial charge in [0.2, 0.25) is 5.91 Å². The van der Waals surface area contributed by atoms with Crippen molar-refractivity contribution in [1.29, 1.82) is 0 Å². The van der Waals surface area contributed by atoms with Crippen molar-refractivity contribution in [3.05, 3.63) is 60.9 Å². The molecule has 2 heterocycles. The van der Waals surface area contributed by atoms with Crippen LogP contribution in [0.4, 0.5) is 5.82 Å². The van der Waals surface area contributed by atoms with Crippen LogP contribution in [0.15, 0.2) is 60.9 Å². The second kappa shape index (κ2) is 11.6. The number of nitrogen functional groups attached to an aromatic ring is 1. The van der Waals surface area contributed by atoms with E-state index in [-0.39, 0.29) is 24.0 Å². The van der Waals surface area contributed by atoms with Gasteiger partial charge < -0.3 is 21.1 Å². The van der Waals surface area contributed by atoms with E-state index in [1.54, 1.807) is 0 Å². The monoisotopic (exact) mass is 513 g/mol. The van der Waals surface area contributed by atoms with Gasteiger partial charge in [0.1, 0.15) is 29.3 Å². The van der Waals surface area contributed by atoms with Gasteiger partial charge in [0.05, 0.1) is 17.5 Å². The highest BCUT2D eigenvalue weighted by Gasteiger charge is 2.28. The lowest BCUT2D eigenvalue weighted by molar-refractivity contribution is -0.124. The Morgan fingerprint density at radius 2 is 1.76 bits per heavy atom. The fourth-order valence-electron chi connectivity index (χ4n) is 5.22. The summed E-state index contributed by atoms with van der Waals surface area (Å²) in [7, 11) is 1.84. The molecule has 4 aromatic rings. The molecule has 2 aromatic carbocycles. The highest BCUT2D eigenvalue weighted by molar-refractivity contribution is 5.98. The Hall–Kier alpha value is -3.98. The molecule has 2 aromatic heterocycles. The van der Waals surface area contributed by atoms with Crippen LogP contribution in [-0.2, 0) is 4.79 Å². The minimum atomic E-state index is -0.139. The van der Waals surface area contributed by atoms with Gasteiger partial charge in [-0.1, -0.05) is 31.5 Å². The summed E-state index contributed by atoms with van der Waals surface area (Å²) in [5.74, 6) is 2.03. The third kappa shape index (κ3) is 5.47. The van der Waals surface area contributed by atoms with Gasteiger partial charge in [0.25, 0.3) is 0 Å². The maximum absolute atomic E-state index is 12.7.